The van der Waals surface area contributed by atoms with Crippen molar-refractivity contribution in [3.63, 3.8) is 0 Å². The number of aliphatic hydroxyl groups excluding tert-OH is 3. The molecule has 106 valence electrons. The van der Waals surface area contributed by atoms with Crippen LogP contribution in [-0.4, -0.2) is 56.4 Å². The summed E-state index contributed by atoms with van der Waals surface area (Å²) < 4.78 is 18.6. The molecule has 1 aliphatic rings. The van der Waals surface area contributed by atoms with E-state index in [2.05, 4.69) is 15.3 Å². The number of hydrogen-bond donors (Lipinski definition) is 5. The van der Waals surface area contributed by atoms with E-state index in [0.29, 0.717) is 0 Å². The maximum Gasteiger partial charge on any atom is 0.347 e. The predicted molar refractivity (Wildman–Crippen MR) is 60.8 cm³/mol. The molecule has 0 amide bonds. The van der Waals surface area contributed by atoms with Gasteiger partial charge in [0.25, 0.3) is 0 Å². The first-order valence-electron chi connectivity index (χ1n) is 5.65. The fourth-order valence-electron chi connectivity index (χ4n) is 1.83. The van der Waals surface area contributed by atoms with Gasteiger partial charge in [-0.05, 0) is 0 Å². The molecule has 0 aromatic carbocycles. The molecule has 0 saturated carbocycles. The highest BCUT2D eigenvalue weighted by molar-refractivity contribution is 5.34. The van der Waals surface area contributed by atoms with E-state index in [0.717, 1.165) is 6.20 Å². The van der Waals surface area contributed by atoms with Crippen molar-refractivity contribution in [1.29, 1.82) is 0 Å². The first-order valence-corrected chi connectivity index (χ1v) is 5.65. The van der Waals surface area contributed by atoms with Crippen LogP contribution in [-0.2, 0) is 4.74 Å². The zero-order valence-electron chi connectivity index (χ0n) is 9.78. The number of rotatable bonds is 3. The van der Waals surface area contributed by atoms with Crippen molar-refractivity contribution in [2.24, 2.45) is 0 Å². The minimum atomic E-state index is -1.22. The van der Waals surface area contributed by atoms with E-state index >= 15 is 0 Å². The Labute approximate surface area is 106 Å². The molecule has 0 bridgehead atoms. The molecule has 1 fully saturated rings. The largest absolute Gasteiger partial charge is 0.394 e. The molecule has 1 aromatic rings. The molecular formula is C10H14FN3O5. The lowest BCUT2D eigenvalue weighted by Crippen LogP contribution is -2.52. The molecule has 0 aliphatic carbocycles. The second-order valence-electron chi connectivity index (χ2n) is 4.19. The number of ether oxygens (including phenoxy) is 1. The third-order valence-corrected chi connectivity index (χ3v) is 2.81. The lowest BCUT2D eigenvalue weighted by atomic mass is 10.0. The smallest absolute Gasteiger partial charge is 0.347 e. The summed E-state index contributed by atoms with van der Waals surface area (Å²) in [5.74, 6) is -1.11. The summed E-state index contributed by atoms with van der Waals surface area (Å²) in [5, 5.41) is 30.6. The highest BCUT2D eigenvalue weighted by Crippen LogP contribution is 2.21. The minimum Gasteiger partial charge on any atom is -0.394 e. The zero-order valence-corrected chi connectivity index (χ0v) is 9.78. The van der Waals surface area contributed by atoms with Crippen molar-refractivity contribution in [3.8, 4) is 0 Å². The summed E-state index contributed by atoms with van der Waals surface area (Å²) in [6.45, 7) is -0.498. The summed E-state index contributed by atoms with van der Waals surface area (Å²) >= 11 is 0. The van der Waals surface area contributed by atoms with Crippen LogP contribution in [0.15, 0.2) is 11.0 Å². The van der Waals surface area contributed by atoms with E-state index in [1.165, 1.54) is 0 Å². The zero-order chi connectivity index (χ0) is 14.0. The maximum absolute atomic E-state index is 13.4. The second kappa shape index (κ2) is 5.61. The number of H-pyrrole nitrogens is 1. The summed E-state index contributed by atoms with van der Waals surface area (Å²) in [6.07, 6.45) is -3.42. The number of halogens is 1. The first-order chi connectivity index (χ1) is 9.01. The number of nitrogens with zero attached hydrogens (tertiary/aromatic N) is 1. The summed E-state index contributed by atoms with van der Waals surface area (Å²) in [4.78, 5) is 16.4. The van der Waals surface area contributed by atoms with Gasteiger partial charge in [-0.1, -0.05) is 0 Å². The van der Waals surface area contributed by atoms with Crippen LogP contribution in [0.3, 0.4) is 0 Å². The Hall–Kier alpha value is -1.55. The minimum absolute atomic E-state index is 0.0361. The highest BCUT2D eigenvalue weighted by Gasteiger charge is 2.36. The highest BCUT2D eigenvalue weighted by atomic mass is 19.1. The van der Waals surface area contributed by atoms with E-state index < -0.39 is 42.7 Å². The van der Waals surface area contributed by atoms with E-state index in [1.54, 1.807) is 0 Å². The van der Waals surface area contributed by atoms with Crippen LogP contribution in [0.5, 0.6) is 0 Å². The van der Waals surface area contributed by atoms with Crippen LogP contribution < -0.4 is 11.0 Å². The first kappa shape index (κ1) is 13.9. The van der Waals surface area contributed by atoms with Crippen LogP contribution in [0.2, 0.25) is 0 Å². The topological polar surface area (TPSA) is 128 Å². The van der Waals surface area contributed by atoms with Crippen LogP contribution in [0.1, 0.15) is 6.42 Å². The number of hydrogen-bond acceptors (Lipinski definition) is 7. The molecular weight excluding hydrogens is 261 g/mol. The van der Waals surface area contributed by atoms with Crippen molar-refractivity contribution in [2.45, 2.75) is 31.0 Å². The van der Waals surface area contributed by atoms with Gasteiger partial charge >= 0.3 is 5.69 Å². The number of nitrogens with one attached hydrogen (secondary N) is 2. The van der Waals surface area contributed by atoms with Crippen LogP contribution in [0, 0.1) is 5.82 Å². The molecule has 19 heavy (non-hydrogen) atoms. The standard InChI is InChI=1S/C10H14FN3O5/c11-4-2-12-10(18)14-9(4)13-7-1-5(16)8(17)6(3-15)19-7/h2,5-8,15-17H,1,3H2,(H2,12,13,14,18)/t5-,6-,7+,8+/m1/s1. The molecule has 9 heteroatoms. The van der Waals surface area contributed by atoms with Crippen molar-refractivity contribution in [3.05, 3.63) is 22.5 Å². The average Bonchev–Trinajstić information content (AvgIpc) is 2.38. The number of aromatic nitrogens is 2. The molecule has 2 rings (SSSR count). The lowest BCUT2D eigenvalue weighted by Gasteiger charge is -2.36. The maximum atomic E-state index is 13.4. The van der Waals surface area contributed by atoms with Gasteiger partial charge in [-0.2, -0.15) is 4.98 Å². The SMILES string of the molecule is O=c1nc(N[C@@H]2C[C@@H](O)[C@H](O)[C@@H](CO)O2)c(F)c[nH]1. The molecule has 4 atom stereocenters. The normalized spacial score (nSPS) is 31.2. The second-order valence-corrected chi connectivity index (χ2v) is 4.19. The number of aromatic amines is 1. The Kier molecular flexibility index (Phi) is 4.10. The van der Waals surface area contributed by atoms with Crippen molar-refractivity contribution in [2.75, 3.05) is 11.9 Å². The average molecular weight is 275 g/mol. The third-order valence-electron chi connectivity index (χ3n) is 2.81. The van der Waals surface area contributed by atoms with Crippen molar-refractivity contribution >= 4 is 5.82 Å². The van der Waals surface area contributed by atoms with Gasteiger partial charge in [-0.3, -0.25) is 0 Å². The Bertz CT molecular complexity index is 496. The Morgan fingerprint density at radius 1 is 1.58 bits per heavy atom. The third kappa shape index (κ3) is 3.07. The lowest BCUT2D eigenvalue weighted by molar-refractivity contribution is -0.172. The Balaban J connectivity index is 2.10. The van der Waals surface area contributed by atoms with E-state index in [4.69, 9.17) is 9.84 Å². The molecule has 0 spiro atoms. The van der Waals surface area contributed by atoms with Crippen molar-refractivity contribution in [1.82, 2.24) is 9.97 Å². The molecule has 0 radical (unpaired) electrons. The molecule has 0 unspecified atom stereocenters. The van der Waals surface area contributed by atoms with Crippen LogP contribution >= 0.6 is 0 Å². The van der Waals surface area contributed by atoms with Crippen LogP contribution in [0.4, 0.5) is 10.2 Å². The summed E-state index contributed by atoms with van der Waals surface area (Å²) in [7, 11) is 0. The quantitative estimate of drug-likeness (QED) is 0.438. The van der Waals surface area contributed by atoms with E-state index in [-0.39, 0.29) is 12.2 Å². The van der Waals surface area contributed by atoms with Gasteiger partial charge < -0.3 is 30.4 Å². The van der Waals surface area contributed by atoms with Gasteiger partial charge in [-0.15, -0.1) is 0 Å². The Morgan fingerprint density at radius 2 is 2.32 bits per heavy atom. The van der Waals surface area contributed by atoms with Gasteiger partial charge in [0.15, 0.2) is 11.6 Å². The summed E-state index contributed by atoms with van der Waals surface area (Å²) in [6, 6.07) is 0. The molecule has 1 aliphatic heterocycles. The molecule has 5 N–H and O–H groups in total. The van der Waals surface area contributed by atoms with Crippen molar-refractivity contribution < 1.29 is 24.4 Å². The molecule has 1 saturated heterocycles. The molecule has 1 aromatic heterocycles. The van der Waals surface area contributed by atoms with E-state index in [9.17, 15) is 19.4 Å². The number of aliphatic hydroxyl groups is 3. The molecule has 2 heterocycles. The Morgan fingerprint density at radius 3 is 3.00 bits per heavy atom. The fourth-order valence-corrected chi connectivity index (χ4v) is 1.83. The predicted octanol–water partition coefficient (Wildman–Crippen LogP) is -1.85. The fraction of sp³-hybridized carbons (Fsp3) is 0.600. The van der Waals surface area contributed by atoms with Gasteiger partial charge in [0.05, 0.1) is 12.7 Å². The monoisotopic (exact) mass is 275 g/mol. The summed E-state index contributed by atoms with van der Waals surface area (Å²) in [5.41, 5.74) is -0.737. The number of anilines is 1. The molecule has 8 nitrogen and oxygen atoms in total. The van der Waals surface area contributed by atoms with Crippen LogP contribution in [0.25, 0.3) is 0 Å². The van der Waals surface area contributed by atoms with Gasteiger partial charge in [0.1, 0.15) is 18.4 Å². The van der Waals surface area contributed by atoms with Gasteiger partial charge in [0, 0.05) is 12.6 Å². The van der Waals surface area contributed by atoms with E-state index in [1.807, 2.05) is 0 Å². The van der Waals surface area contributed by atoms with Gasteiger partial charge in [-0.25, -0.2) is 9.18 Å². The van der Waals surface area contributed by atoms with Gasteiger partial charge in [0.2, 0.25) is 0 Å².